The topological polar surface area (TPSA) is 71.1 Å². The van der Waals surface area contributed by atoms with Crippen molar-refractivity contribution in [2.24, 2.45) is 0 Å². The molecular weight excluding hydrogens is 334 g/mol. The van der Waals surface area contributed by atoms with E-state index in [9.17, 15) is 9.59 Å². The van der Waals surface area contributed by atoms with E-state index in [2.05, 4.69) is 31.5 Å². The van der Waals surface area contributed by atoms with Gasteiger partial charge in [0.1, 0.15) is 10.3 Å². The molecule has 21 heavy (non-hydrogen) atoms. The first kappa shape index (κ1) is 15.2. The van der Waals surface area contributed by atoms with E-state index in [4.69, 9.17) is 0 Å². The van der Waals surface area contributed by atoms with Crippen molar-refractivity contribution in [2.75, 3.05) is 12.4 Å². The van der Waals surface area contributed by atoms with Crippen LogP contribution in [0.25, 0.3) is 0 Å². The molecule has 108 valence electrons. The number of carbonyl (C=O) groups excluding carboxylic acids is 2. The van der Waals surface area contributed by atoms with Gasteiger partial charge in [0.05, 0.1) is 6.42 Å². The van der Waals surface area contributed by atoms with E-state index in [1.807, 2.05) is 6.07 Å². The normalized spacial score (nSPS) is 10.0. The molecule has 2 N–H and O–H groups in total. The average Bonchev–Trinajstić information content (AvgIpc) is 2.49. The summed E-state index contributed by atoms with van der Waals surface area (Å²) in [5.74, 6) is -0.432. The molecule has 0 aliphatic carbocycles. The first-order chi connectivity index (χ1) is 10.1. The summed E-state index contributed by atoms with van der Waals surface area (Å²) < 4.78 is 0.591. The van der Waals surface area contributed by atoms with Gasteiger partial charge in [-0.25, -0.2) is 4.98 Å². The fourth-order valence-electron chi connectivity index (χ4n) is 1.78. The van der Waals surface area contributed by atoms with E-state index < -0.39 is 0 Å². The third-order valence-electron chi connectivity index (χ3n) is 2.84. The van der Waals surface area contributed by atoms with Gasteiger partial charge < -0.3 is 10.6 Å². The molecule has 0 aliphatic heterocycles. The molecule has 1 aromatic carbocycles. The maximum absolute atomic E-state index is 12.2. The van der Waals surface area contributed by atoms with Crippen LogP contribution in [0.5, 0.6) is 0 Å². The van der Waals surface area contributed by atoms with Crippen molar-refractivity contribution >= 4 is 33.4 Å². The lowest BCUT2D eigenvalue weighted by Crippen LogP contribution is -2.21. The number of halogens is 1. The van der Waals surface area contributed by atoms with Gasteiger partial charge in [0, 0.05) is 12.7 Å². The lowest BCUT2D eigenvalue weighted by Gasteiger charge is -2.10. The van der Waals surface area contributed by atoms with Crippen molar-refractivity contribution in [3.8, 4) is 0 Å². The summed E-state index contributed by atoms with van der Waals surface area (Å²) in [6, 6.07) is 12.3. The van der Waals surface area contributed by atoms with Crippen LogP contribution in [0.1, 0.15) is 16.1 Å². The van der Waals surface area contributed by atoms with Crippen LogP contribution in [0.2, 0.25) is 0 Å². The highest BCUT2D eigenvalue weighted by molar-refractivity contribution is 9.10. The predicted octanol–water partition coefficient (Wildman–Crippen LogP) is 2.38. The van der Waals surface area contributed by atoms with E-state index >= 15 is 0 Å². The lowest BCUT2D eigenvalue weighted by atomic mass is 10.1. The summed E-state index contributed by atoms with van der Waals surface area (Å²) in [7, 11) is 1.58. The number of pyridine rings is 1. The number of hydrogen-bond donors (Lipinski definition) is 2. The molecule has 0 saturated heterocycles. The van der Waals surface area contributed by atoms with Crippen molar-refractivity contribution in [1.29, 1.82) is 0 Å². The van der Waals surface area contributed by atoms with Gasteiger partial charge in [0.2, 0.25) is 5.91 Å². The number of hydrogen-bond acceptors (Lipinski definition) is 3. The second kappa shape index (κ2) is 6.99. The Bertz CT molecular complexity index is 673. The summed E-state index contributed by atoms with van der Waals surface area (Å²) in [5, 5.41) is 5.34. The Morgan fingerprint density at radius 3 is 2.62 bits per heavy atom. The highest BCUT2D eigenvalue weighted by Crippen LogP contribution is 2.17. The van der Waals surface area contributed by atoms with Crippen LogP contribution in [-0.4, -0.2) is 23.8 Å². The van der Waals surface area contributed by atoms with Crippen LogP contribution in [-0.2, 0) is 11.2 Å². The van der Waals surface area contributed by atoms with E-state index in [-0.39, 0.29) is 18.2 Å². The first-order valence-corrected chi connectivity index (χ1v) is 7.12. The Morgan fingerprint density at radius 1 is 1.14 bits per heavy atom. The van der Waals surface area contributed by atoms with Gasteiger partial charge in [-0.05, 0) is 39.7 Å². The number of anilines is 1. The molecule has 0 bridgehead atoms. The van der Waals surface area contributed by atoms with Gasteiger partial charge in [0.15, 0.2) is 0 Å². The molecule has 5 nitrogen and oxygen atoms in total. The standard InChI is InChI=1S/C15H14BrN3O2/c1-17-14(20)9-10-5-2-3-6-11(10)19-15(21)12-7-4-8-13(16)18-12/h2-8H,9H2,1H3,(H,17,20)(H,19,21). The number of likely N-dealkylation sites (N-methyl/N-ethyl adjacent to an activating group) is 1. The number of para-hydroxylation sites is 1. The molecule has 2 rings (SSSR count). The first-order valence-electron chi connectivity index (χ1n) is 6.32. The second-order valence-corrected chi connectivity index (χ2v) is 5.12. The smallest absolute Gasteiger partial charge is 0.274 e. The molecular formula is C15H14BrN3O2. The summed E-state index contributed by atoms with van der Waals surface area (Å²) in [6.07, 6.45) is 0.207. The zero-order valence-corrected chi connectivity index (χ0v) is 13.0. The molecule has 0 spiro atoms. The van der Waals surface area contributed by atoms with E-state index in [0.29, 0.717) is 16.0 Å². The van der Waals surface area contributed by atoms with Gasteiger partial charge in [-0.2, -0.15) is 0 Å². The zero-order chi connectivity index (χ0) is 15.2. The number of benzene rings is 1. The summed E-state index contributed by atoms with van der Waals surface area (Å²) in [6.45, 7) is 0. The molecule has 1 aromatic heterocycles. The third kappa shape index (κ3) is 4.13. The molecule has 0 aliphatic rings. The van der Waals surface area contributed by atoms with Gasteiger partial charge in [-0.3, -0.25) is 9.59 Å². The number of rotatable bonds is 4. The monoisotopic (exact) mass is 347 g/mol. The molecule has 1 heterocycles. The Balaban J connectivity index is 2.19. The molecule has 0 atom stereocenters. The zero-order valence-electron chi connectivity index (χ0n) is 11.4. The Labute approximate surface area is 130 Å². The molecule has 0 unspecified atom stereocenters. The number of nitrogens with one attached hydrogen (secondary N) is 2. The van der Waals surface area contributed by atoms with Crippen LogP contribution in [0.15, 0.2) is 47.1 Å². The predicted molar refractivity (Wildman–Crippen MR) is 84.1 cm³/mol. The van der Waals surface area contributed by atoms with Crippen molar-refractivity contribution in [3.05, 3.63) is 58.3 Å². The van der Waals surface area contributed by atoms with Crippen LogP contribution in [0.4, 0.5) is 5.69 Å². The number of nitrogens with zero attached hydrogens (tertiary/aromatic N) is 1. The molecule has 2 amide bonds. The van der Waals surface area contributed by atoms with Gasteiger partial charge in [0.25, 0.3) is 5.91 Å². The van der Waals surface area contributed by atoms with E-state index in [1.165, 1.54) is 0 Å². The van der Waals surface area contributed by atoms with Gasteiger partial charge in [-0.1, -0.05) is 24.3 Å². The van der Waals surface area contributed by atoms with Crippen molar-refractivity contribution in [3.63, 3.8) is 0 Å². The van der Waals surface area contributed by atoms with Crippen molar-refractivity contribution in [1.82, 2.24) is 10.3 Å². The van der Waals surface area contributed by atoms with Crippen LogP contribution in [0.3, 0.4) is 0 Å². The summed E-state index contributed by atoms with van der Waals surface area (Å²) in [4.78, 5) is 27.8. The average molecular weight is 348 g/mol. The fourth-order valence-corrected chi connectivity index (χ4v) is 2.12. The minimum atomic E-state index is -0.319. The Morgan fingerprint density at radius 2 is 1.90 bits per heavy atom. The molecule has 0 saturated carbocycles. The fraction of sp³-hybridized carbons (Fsp3) is 0.133. The number of amides is 2. The van der Waals surface area contributed by atoms with Crippen LogP contribution < -0.4 is 10.6 Å². The third-order valence-corrected chi connectivity index (χ3v) is 3.28. The number of aromatic nitrogens is 1. The van der Waals surface area contributed by atoms with Crippen LogP contribution >= 0.6 is 15.9 Å². The largest absolute Gasteiger partial charge is 0.359 e. The molecule has 0 radical (unpaired) electrons. The quantitative estimate of drug-likeness (QED) is 0.834. The van der Waals surface area contributed by atoms with Crippen molar-refractivity contribution < 1.29 is 9.59 Å². The van der Waals surface area contributed by atoms with Crippen LogP contribution in [0, 0.1) is 0 Å². The van der Waals surface area contributed by atoms with Gasteiger partial charge >= 0.3 is 0 Å². The maximum Gasteiger partial charge on any atom is 0.274 e. The SMILES string of the molecule is CNC(=O)Cc1ccccc1NC(=O)c1cccc(Br)n1. The summed E-state index contributed by atoms with van der Waals surface area (Å²) >= 11 is 3.23. The highest BCUT2D eigenvalue weighted by atomic mass is 79.9. The van der Waals surface area contributed by atoms with E-state index in [1.54, 1.807) is 43.4 Å². The van der Waals surface area contributed by atoms with Gasteiger partial charge in [-0.15, -0.1) is 0 Å². The minimum absolute atomic E-state index is 0.114. The molecule has 6 heteroatoms. The lowest BCUT2D eigenvalue weighted by molar-refractivity contribution is -0.119. The molecule has 2 aromatic rings. The maximum atomic E-state index is 12.2. The highest BCUT2D eigenvalue weighted by Gasteiger charge is 2.12. The Kier molecular flexibility index (Phi) is 5.05. The summed E-state index contributed by atoms with van der Waals surface area (Å²) in [5.41, 5.74) is 1.66. The minimum Gasteiger partial charge on any atom is -0.359 e. The second-order valence-electron chi connectivity index (χ2n) is 4.31. The Hall–Kier alpha value is -2.21. The number of carbonyl (C=O) groups is 2. The van der Waals surface area contributed by atoms with E-state index in [0.717, 1.165) is 5.56 Å². The molecule has 0 fully saturated rings. The van der Waals surface area contributed by atoms with Crippen molar-refractivity contribution in [2.45, 2.75) is 6.42 Å².